The van der Waals surface area contributed by atoms with Crippen LogP contribution in [0.3, 0.4) is 0 Å². The smallest absolute Gasteiger partial charge is 0.355 e. The van der Waals surface area contributed by atoms with Gasteiger partial charge in [0, 0.05) is 29.6 Å². The van der Waals surface area contributed by atoms with Crippen molar-refractivity contribution in [2.45, 2.75) is 37.0 Å². The van der Waals surface area contributed by atoms with Crippen LogP contribution in [0.2, 0.25) is 15.1 Å². The number of alkyl halides is 3. The van der Waals surface area contributed by atoms with Gasteiger partial charge in [0.25, 0.3) is 10.0 Å². The van der Waals surface area contributed by atoms with E-state index in [0.717, 1.165) is 12.1 Å². The van der Waals surface area contributed by atoms with E-state index in [4.69, 9.17) is 34.8 Å². The van der Waals surface area contributed by atoms with Gasteiger partial charge in [-0.25, -0.2) is 8.42 Å². The quantitative estimate of drug-likeness (QED) is 0.163. The van der Waals surface area contributed by atoms with E-state index < -0.39 is 56.9 Å². The zero-order chi connectivity index (χ0) is 34.4. The van der Waals surface area contributed by atoms with Gasteiger partial charge in [0.15, 0.2) is 0 Å². The summed E-state index contributed by atoms with van der Waals surface area (Å²) in [6.07, 6.45) is -4.89. The highest BCUT2D eigenvalue weighted by Crippen LogP contribution is 2.38. The summed E-state index contributed by atoms with van der Waals surface area (Å²) in [5.74, 6) is -1.41. The van der Waals surface area contributed by atoms with Gasteiger partial charge in [0.2, 0.25) is 11.8 Å². The molecular weight excluding hydrogens is 698 g/mol. The molecule has 1 N–H and O–H groups in total. The summed E-state index contributed by atoms with van der Waals surface area (Å²) in [5, 5.41) is 2.58. The molecule has 0 spiro atoms. The molecule has 0 saturated heterocycles. The number of sulfonamides is 1. The van der Waals surface area contributed by atoms with Crippen molar-refractivity contribution in [3.8, 4) is 0 Å². The Morgan fingerprint density at radius 2 is 1.49 bits per heavy atom. The van der Waals surface area contributed by atoms with E-state index in [0.29, 0.717) is 26.5 Å². The number of hydrogen-bond acceptors (Lipinski definition) is 4. The maximum atomic E-state index is 14.4. The fourth-order valence-corrected chi connectivity index (χ4v) is 6.93. The molecule has 2 amide bonds. The third kappa shape index (κ3) is 8.98. The molecule has 4 rings (SSSR count). The number of benzene rings is 4. The van der Waals surface area contributed by atoms with Gasteiger partial charge in [-0.05, 0) is 60.5 Å². The van der Waals surface area contributed by atoms with Crippen molar-refractivity contribution >= 4 is 62.3 Å². The number of carbonyl (C=O) groups is 2. The van der Waals surface area contributed by atoms with Crippen molar-refractivity contribution in [1.82, 2.24) is 10.2 Å². The van der Waals surface area contributed by atoms with Crippen molar-refractivity contribution < 1.29 is 31.2 Å². The first kappa shape index (κ1) is 36.1. The Balaban J connectivity index is 1.87. The highest BCUT2D eigenvalue weighted by molar-refractivity contribution is 7.92. The van der Waals surface area contributed by atoms with Crippen LogP contribution < -0.4 is 9.62 Å². The van der Waals surface area contributed by atoms with Crippen molar-refractivity contribution in [3.05, 3.63) is 129 Å². The number of anilines is 1. The summed E-state index contributed by atoms with van der Waals surface area (Å²) >= 11 is 18.4. The summed E-state index contributed by atoms with van der Waals surface area (Å²) in [6.45, 7) is 0.711. The number of nitrogens with one attached hydrogen (secondary N) is 1. The van der Waals surface area contributed by atoms with Crippen LogP contribution in [0.5, 0.6) is 0 Å². The number of amides is 2. The SMILES string of the molecule is CCNC(=O)[C@H](Cc1ccccc1)N(Cc1ccc(Cl)cc1Cl)C(=O)CN(c1ccc(Cl)c(C(F)(F)F)c1)S(=O)(=O)c1ccccc1. The number of likely N-dealkylation sites (N-methyl/N-ethyl adjacent to an activating group) is 1. The molecule has 7 nitrogen and oxygen atoms in total. The molecule has 0 aliphatic carbocycles. The average Bonchev–Trinajstić information content (AvgIpc) is 3.03. The van der Waals surface area contributed by atoms with E-state index >= 15 is 0 Å². The van der Waals surface area contributed by atoms with E-state index in [1.807, 2.05) is 0 Å². The van der Waals surface area contributed by atoms with Crippen LogP contribution in [-0.2, 0) is 38.8 Å². The molecule has 0 bridgehead atoms. The highest BCUT2D eigenvalue weighted by atomic mass is 35.5. The van der Waals surface area contributed by atoms with Gasteiger partial charge in [-0.15, -0.1) is 0 Å². The second kappa shape index (κ2) is 15.4. The fraction of sp³-hybridized carbons (Fsp3) is 0.212. The maximum absolute atomic E-state index is 14.4. The Kier molecular flexibility index (Phi) is 11.8. The normalized spacial score (nSPS) is 12.3. The molecule has 1 atom stereocenters. The van der Waals surface area contributed by atoms with Crippen LogP contribution in [0.25, 0.3) is 0 Å². The monoisotopic (exact) mass is 725 g/mol. The average molecular weight is 727 g/mol. The molecule has 4 aromatic rings. The van der Waals surface area contributed by atoms with Gasteiger partial charge in [-0.3, -0.25) is 13.9 Å². The third-order valence-electron chi connectivity index (χ3n) is 7.13. The first-order valence-corrected chi connectivity index (χ1v) is 16.8. The minimum Gasteiger partial charge on any atom is -0.355 e. The Labute approximate surface area is 285 Å². The standard InChI is InChI=1S/C33H29Cl3F3N3O4S/c1-2-40-32(44)30(17-22-9-5-3-6-10-22)41(20-23-13-14-24(34)18-29(23)36)31(43)21-42(47(45,46)26-11-7-4-8-12-26)25-15-16-28(35)27(19-25)33(37,38)39/h3-16,18-19,30H,2,17,20-21H2,1H3,(H,40,44)/t30-/m0/s1. The lowest BCUT2D eigenvalue weighted by molar-refractivity contribution is -0.140. The second-order valence-electron chi connectivity index (χ2n) is 10.3. The zero-order valence-electron chi connectivity index (χ0n) is 24.8. The molecule has 0 fully saturated rings. The van der Waals surface area contributed by atoms with Gasteiger partial charge in [0.05, 0.1) is 21.2 Å². The molecule has 248 valence electrons. The van der Waals surface area contributed by atoms with Gasteiger partial charge >= 0.3 is 6.18 Å². The van der Waals surface area contributed by atoms with E-state index in [1.165, 1.54) is 35.2 Å². The Hall–Kier alpha value is -3.77. The molecule has 0 saturated carbocycles. The van der Waals surface area contributed by atoms with Crippen LogP contribution in [-0.4, -0.2) is 44.3 Å². The third-order valence-corrected chi connectivity index (χ3v) is 9.84. The molecule has 47 heavy (non-hydrogen) atoms. The van der Waals surface area contributed by atoms with Gasteiger partial charge in [0.1, 0.15) is 12.6 Å². The molecular formula is C33H29Cl3F3N3O4S. The second-order valence-corrected chi connectivity index (χ2v) is 13.5. The van der Waals surface area contributed by atoms with Crippen LogP contribution in [0.15, 0.2) is 102 Å². The van der Waals surface area contributed by atoms with E-state index in [1.54, 1.807) is 55.5 Å². The molecule has 0 aliphatic rings. The largest absolute Gasteiger partial charge is 0.417 e. The highest BCUT2D eigenvalue weighted by Gasteiger charge is 2.37. The van der Waals surface area contributed by atoms with Crippen molar-refractivity contribution in [1.29, 1.82) is 0 Å². The number of rotatable bonds is 12. The number of hydrogen-bond donors (Lipinski definition) is 1. The molecule has 0 radical (unpaired) electrons. The van der Waals surface area contributed by atoms with Gasteiger partial charge in [-0.2, -0.15) is 13.2 Å². The van der Waals surface area contributed by atoms with Gasteiger partial charge < -0.3 is 10.2 Å². The fourth-order valence-electron chi connectivity index (χ4n) is 4.81. The first-order valence-electron chi connectivity index (χ1n) is 14.2. The molecule has 0 aromatic heterocycles. The summed E-state index contributed by atoms with van der Waals surface area (Å²) < 4.78 is 70.3. The lowest BCUT2D eigenvalue weighted by Crippen LogP contribution is -2.53. The van der Waals surface area contributed by atoms with Crippen LogP contribution in [0.1, 0.15) is 23.6 Å². The van der Waals surface area contributed by atoms with Crippen LogP contribution in [0.4, 0.5) is 18.9 Å². The molecule has 0 heterocycles. The predicted molar refractivity (Wildman–Crippen MR) is 177 cm³/mol. The topological polar surface area (TPSA) is 86.8 Å². The summed E-state index contributed by atoms with van der Waals surface area (Å²) in [6, 6.07) is 21.8. The van der Waals surface area contributed by atoms with Crippen molar-refractivity contribution in [2.24, 2.45) is 0 Å². The number of nitrogens with zero attached hydrogens (tertiary/aromatic N) is 2. The summed E-state index contributed by atoms with van der Waals surface area (Å²) in [4.78, 5) is 28.9. The van der Waals surface area contributed by atoms with Crippen LogP contribution in [0, 0.1) is 0 Å². The predicted octanol–water partition coefficient (Wildman–Crippen LogP) is 7.64. The first-order chi connectivity index (χ1) is 22.2. The van der Waals surface area contributed by atoms with E-state index in [-0.39, 0.29) is 29.4 Å². The zero-order valence-corrected chi connectivity index (χ0v) is 27.9. The Morgan fingerprint density at radius 1 is 0.851 bits per heavy atom. The van der Waals surface area contributed by atoms with E-state index in [2.05, 4.69) is 5.32 Å². The molecule has 14 heteroatoms. The summed E-state index contributed by atoms with van der Waals surface area (Å²) in [7, 11) is -4.63. The minimum atomic E-state index is -4.92. The maximum Gasteiger partial charge on any atom is 0.417 e. The number of carbonyl (C=O) groups excluding carboxylic acids is 2. The lowest BCUT2D eigenvalue weighted by atomic mass is 10.0. The minimum absolute atomic E-state index is 0.0359. The molecule has 0 unspecified atom stereocenters. The molecule has 4 aromatic carbocycles. The Morgan fingerprint density at radius 3 is 2.09 bits per heavy atom. The molecule has 0 aliphatic heterocycles. The van der Waals surface area contributed by atoms with Crippen molar-refractivity contribution in [3.63, 3.8) is 0 Å². The van der Waals surface area contributed by atoms with Gasteiger partial charge in [-0.1, -0.05) is 89.4 Å². The van der Waals surface area contributed by atoms with E-state index in [9.17, 15) is 31.2 Å². The number of halogens is 6. The Bertz CT molecular complexity index is 1830. The lowest BCUT2D eigenvalue weighted by Gasteiger charge is -2.34. The van der Waals surface area contributed by atoms with Crippen molar-refractivity contribution in [2.75, 3.05) is 17.4 Å². The summed E-state index contributed by atoms with van der Waals surface area (Å²) in [5.41, 5.74) is -0.646. The van der Waals surface area contributed by atoms with Crippen LogP contribution >= 0.6 is 34.8 Å².